The largest absolute Gasteiger partial charge is 0.441 e. The molecule has 1 heterocycles. The van der Waals surface area contributed by atoms with Gasteiger partial charge in [0.05, 0.1) is 6.61 Å². The molecule has 0 bridgehead atoms. The molecule has 0 saturated heterocycles. The first-order chi connectivity index (χ1) is 8.60. The van der Waals surface area contributed by atoms with Crippen LogP contribution in [0, 0.1) is 13.8 Å². The van der Waals surface area contributed by atoms with E-state index in [4.69, 9.17) is 9.15 Å². The van der Waals surface area contributed by atoms with E-state index in [1.54, 1.807) is 7.11 Å². The van der Waals surface area contributed by atoms with Gasteiger partial charge < -0.3 is 14.5 Å². The van der Waals surface area contributed by atoms with E-state index >= 15 is 0 Å². The maximum atomic E-state index is 5.57. The number of ether oxygens (including phenoxy) is 1. The van der Waals surface area contributed by atoms with E-state index in [0.717, 1.165) is 23.2 Å². The van der Waals surface area contributed by atoms with Gasteiger partial charge in [-0.25, -0.2) is 4.98 Å². The van der Waals surface area contributed by atoms with Crippen molar-refractivity contribution >= 4 is 11.1 Å². The molecule has 4 nitrogen and oxygen atoms in total. The molecule has 0 aliphatic carbocycles. The summed E-state index contributed by atoms with van der Waals surface area (Å²) in [6.07, 6.45) is 0. The Labute approximate surface area is 107 Å². The number of methoxy groups -OCH3 is 1. The number of benzene rings is 1. The van der Waals surface area contributed by atoms with E-state index < -0.39 is 0 Å². The van der Waals surface area contributed by atoms with Gasteiger partial charge in [0.1, 0.15) is 5.52 Å². The van der Waals surface area contributed by atoms with Crippen LogP contribution in [0.25, 0.3) is 11.1 Å². The predicted molar refractivity (Wildman–Crippen MR) is 71.7 cm³/mol. The second-order valence-electron chi connectivity index (χ2n) is 4.73. The summed E-state index contributed by atoms with van der Waals surface area (Å²) in [5, 5.41) is 3.42. The normalized spacial score (nSPS) is 13.1. The average molecular weight is 248 g/mol. The fourth-order valence-electron chi connectivity index (χ4n) is 2.09. The van der Waals surface area contributed by atoms with Crippen LogP contribution in [-0.2, 0) is 11.3 Å². The molecule has 0 saturated carbocycles. The van der Waals surface area contributed by atoms with Crippen LogP contribution in [0.4, 0.5) is 0 Å². The van der Waals surface area contributed by atoms with Crippen LogP contribution < -0.4 is 5.32 Å². The van der Waals surface area contributed by atoms with Crippen LogP contribution in [0.5, 0.6) is 0 Å². The van der Waals surface area contributed by atoms with Crippen LogP contribution in [0.15, 0.2) is 16.5 Å². The Morgan fingerprint density at radius 3 is 2.89 bits per heavy atom. The Hall–Kier alpha value is -1.39. The number of fused-ring (bicyclic) bond motifs is 1. The number of oxazole rings is 1. The lowest BCUT2D eigenvalue weighted by Gasteiger charge is -2.12. The van der Waals surface area contributed by atoms with Crippen LogP contribution in [-0.4, -0.2) is 24.7 Å². The first kappa shape index (κ1) is 13.1. The number of hydrogen-bond acceptors (Lipinski definition) is 4. The lowest BCUT2D eigenvalue weighted by molar-refractivity contribution is 0.171. The highest BCUT2D eigenvalue weighted by molar-refractivity contribution is 5.77. The summed E-state index contributed by atoms with van der Waals surface area (Å²) in [5.74, 6) is 0.714. The lowest BCUT2D eigenvalue weighted by atomic mass is 10.1. The van der Waals surface area contributed by atoms with Gasteiger partial charge in [-0.05, 0) is 31.0 Å². The molecular formula is C14H20N2O2. The second-order valence-corrected chi connectivity index (χ2v) is 4.73. The molecule has 1 atom stereocenters. The Morgan fingerprint density at radius 2 is 2.17 bits per heavy atom. The minimum atomic E-state index is 0.338. The van der Waals surface area contributed by atoms with Gasteiger partial charge in [-0.15, -0.1) is 0 Å². The molecule has 18 heavy (non-hydrogen) atoms. The molecule has 0 aliphatic heterocycles. The van der Waals surface area contributed by atoms with Gasteiger partial charge in [0, 0.05) is 26.6 Å². The molecular weight excluding hydrogens is 228 g/mol. The smallest absolute Gasteiger partial charge is 0.192 e. The number of nitrogens with one attached hydrogen (secondary N) is 1. The standard InChI is InChI=1S/C14H20N2O2/c1-9-5-12(7-15-10(2)8-17-4)6-13-14(9)18-11(3)16-13/h5-6,10,15H,7-8H2,1-4H3. The molecule has 1 aromatic heterocycles. The zero-order chi connectivity index (χ0) is 13.1. The summed E-state index contributed by atoms with van der Waals surface area (Å²) in [6.45, 7) is 7.56. The summed E-state index contributed by atoms with van der Waals surface area (Å²) in [6, 6.07) is 4.55. The third-order valence-electron chi connectivity index (χ3n) is 2.91. The highest BCUT2D eigenvalue weighted by atomic mass is 16.5. The molecule has 4 heteroatoms. The molecule has 2 aromatic rings. The maximum absolute atomic E-state index is 5.57. The molecule has 98 valence electrons. The number of aryl methyl sites for hydroxylation is 2. The van der Waals surface area contributed by atoms with Crippen molar-refractivity contribution < 1.29 is 9.15 Å². The van der Waals surface area contributed by atoms with Gasteiger partial charge in [-0.3, -0.25) is 0 Å². The maximum Gasteiger partial charge on any atom is 0.192 e. The first-order valence-corrected chi connectivity index (χ1v) is 6.19. The van der Waals surface area contributed by atoms with Gasteiger partial charge in [0.25, 0.3) is 0 Å². The van der Waals surface area contributed by atoms with E-state index in [9.17, 15) is 0 Å². The lowest BCUT2D eigenvalue weighted by Crippen LogP contribution is -2.29. The highest BCUT2D eigenvalue weighted by Crippen LogP contribution is 2.21. The number of hydrogen-bond donors (Lipinski definition) is 1. The van der Waals surface area contributed by atoms with Crippen molar-refractivity contribution in [2.24, 2.45) is 0 Å². The SMILES string of the molecule is COCC(C)NCc1cc(C)c2oc(C)nc2c1. The fourth-order valence-corrected chi connectivity index (χ4v) is 2.09. The summed E-state index contributed by atoms with van der Waals surface area (Å²) in [7, 11) is 1.71. The van der Waals surface area contributed by atoms with Crippen molar-refractivity contribution in [3.05, 3.63) is 29.2 Å². The zero-order valence-corrected chi connectivity index (χ0v) is 11.4. The van der Waals surface area contributed by atoms with E-state index in [-0.39, 0.29) is 0 Å². The molecule has 0 amide bonds. The summed E-state index contributed by atoms with van der Waals surface area (Å²) < 4.78 is 10.7. The summed E-state index contributed by atoms with van der Waals surface area (Å²) in [5.41, 5.74) is 4.17. The molecule has 0 aliphatic rings. The number of rotatable bonds is 5. The van der Waals surface area contributed by atoms with Crippen molar-refractivity contribution in [1.82, 2.24) is 10.3 Å². The quantitative estimate of drug-likeness (QED) is 0.883. The Kier molecular flexibility index (Phi) is 3.99. The predicted octanol–water partition coefficient (Wildman–Crippen LogP) is 2.57. The van der Waals surface area contributed by atoms with E-state index in [1.165, 1.54) is 5.56 Å². The average Bonchev–Trinajstić information content (AvgIpc) is 2.68. The molecule has 1 unspecified atom stereocenters. The van der Waals surface area contributed by atoms with Crippen LogP contribution in [0.2, 0.25) is 0 Å². The van der Waals surface area contributed by atoms with Gasteiger partial charge in [-0.1, -0.05) is 6.07 Å². The Balaban J connectivity index is 2.14. The second kappa shape index (κ2) is 5.50. The topological polar surface area (TPSA) is 47.3 Å². The van der Waals surface area contributed by atoms with Crippen molar-refractivity contribution in [1.29, 1.82) is 0 Å². The molecule has 1 aromatic carbocycles. The third kappa shape index (κ3) is 2.89. The van der Waals surface area contributed by atoms with Gasteiger partial charge in [0.2, 0.25) is 0 Å². The van der Waals surface area contributed by atoms with Crippen LogP contribution in [0.1, 0.15) is 23.9 Å². The molecule has 0 fully saturated rings. The van der Waals surface area contributed by atoms with Gasteiger partial charge in [0.15, 0.2) is 11.5 Å². The number of nitrogens with zero attached hydrogens (tertiary/aromatic N) is 1. The van der Waals surface area contributed by atoms with Crippen molar-refractivity contribution in [2.45, 2.75) is 33.4 Å². The summed E-state index contributed by atoms with van der Waals surface area (Å²) >= 11 is 0. The highest BCUT2D eigenvalue weighted by Gasteiger charge is 2.08. The van der Waals surface area contributed by atoms with Gasteiger partial charge in [-0.2, -0.15) is 0 Å². The van der Waals surface area contributed by atoms with E-state index in [1.807, 2.05) is 6.92 Å². The van der Waals surface area contributed by atoms with Crippen molar-refractivity contribution in [3.8, 4) is 0 Å². The van der Waals surface area contributed by atoms with Crippen molar-refractivity contribution in [3.63, 3.8) is 0 Å². The minimum Gasteiger partial charge on any atom is -0.441 e. The monoisotopic (exact) mass is 248 g/mol. The molecule has 0 radical (unpaired) electrons. The minimum absolute atomic E-state index is 0.338. The Morgan fingerprint density at radius 1 is 1.39 bits per heavy atom. The van der Waals surface area contributed by atoms with Crippen LogP contribution >= 0.6 is 0 Å². The zero-order valence-electron chi connectivity index (χ0n) is 11.4. The van der Waals surface area contributed by atoms with E-state index in [2.05, 4.69) is 36.3 Å². The number of aromatic nitrogens is 1. The van der Waals surface area contributed by atoms with Gasteiger partial charge >= 0.3 is 0 Å². The van der Waals surface area contributed by atoms with E-state index in [0.29, 0.717) is 18.5 Å². The Bertz CT molecular complexity index is 534. The third-order valence-corrected chi connectivity index (χ3v) is 2.91. The van der Waals surface area contributed by atoms with Crippen LogP contribution in [0.3, 0.4) is 0 Å². The molecule has 1 N–H and O–H groups in total. The summed E-state index contributed by atoms with van der Waals surface area (Å²) in [4.78, 5) is 4.38. The molecule has 2 rings (SSSR count). The first-order valence-electron chi connectivity index (χ1n) is 6.19. The molecule has 0 spiro atoms. The fraction of sp³-hybridized carbons (Fsp3) is 0.500. The van der Waals surface area contributed by atoms with Crippen molar-refractivity contribution in [2.75, 3.05) is 13.7 Å².